The molecule has 3 aromatic carbocycles. The molecule has 3 rings (SSSR count). The molecule has 0 atom stereocenters. The summed E-state index contributed by atoms with van der Waals surface area (Å²) < 4.78 is 11.9. The lowest BCUT2D eigenvalue weighted by Gasteiger charge is -2.16. The zero-order valence-electron chi connectivity index (χ0n) is 20.3. The van der Waals surface area contributed by atoms with E-state index in [2.05, 4.69) is 29.7 Å². The Labute approximate surface area is 207 Å². The molecular weight excluding hydrogens is 448 g/mol. The molecule has 1 amide bonds. The number of rotatable bonds is 11. The van der Waals surface area contributed by atoms with Gasteiger partial charge in [0.15, 0.2) is 11.5 Å². The van der Waals surface area contributed by atoms with E-state index in [1.807, 2.05) is 69.3 Å². The second-order valence-electron chi connectivity index (χ2n) is 8.70. The van der Waals surface area contributed by atoms with Crippen molar-refractivity contribution in [3.63, 3.8) is 0 Å². The maximum Gasteiger partial charge on any atom is 0.224 e. The van der Waals surface area contributed by atoms with Crippen LogP contribution in [0.3, 0.4) is 0 Å². The molecule has 0 saturated heterocycles. The third-order valence-corrected chi connectivity index (χ3v) is 5.35. The summed E-state index contributed by atoms with van der Waals surface area (Å²) in [5.74, 6) is 1.49. The molecule has 0 spiro atoms. The van der Waals surface area contributed by atoms with E-state index in [9.17, 15) is 4.79 Å². The zero-order valence-corrected chi connectivity index (χ0v) is 21.0. The summed E-state index contributed by atoms with van der Waals surface area (Å²) in [5.41, 5.74) is 4.89. The normalized spacial score (nSPS) is 10.8. The van der Waals surface area contributed by atoms with Gasteiger partial charge in [-0.05, 0) is 61.2 Å². The maximum atomic E-state index is 12.1. The molecule has 180 valence electrons. The van der Waals surface area contributed by atoms with Gasteiger partial charge < -0.3 is 20.1 Å². The van der Waals surface area contributed by atoms with Crippen LogP contribution in [0.2, 0.25) is 5.02 Å². The minimum Gasteiger partial charge on any atom is -0.490 e. The predicted octanol–water partition coefficient (Wildman–Crippen LogP) is 7.22. The number of aryl methyl sites for hydroxylation is 1. The van der Waals surface area contributed by atoms with Crippen molar-refractivity contribution < 1.29 is 14.3 Å². The number of nitrogens with one attached hydrogen (secondary N) is 2. The summed E-state index contributed by atoms with van der Waals surface area (Å²) in [5, 5.41) is 6.84. The van der Waals surface area contributed by atoms with Crippen molar-refractivity contribution in [2.75, 3.05) is 17.2 Å². The molecule has 0 saturated carbocycles. The highest BCUT2D eigenvalue weighted by atomic mass is 35.5. The summed E-state index contributed by atoms with van der Waals surface area (Å²) in [6.07, 6.45) is 0.495. The van der Waals surface area contributed by atoms with E-state index < -0.39 is 0 Å². The van der Waals surface area contributed by atoms with Crippen LogP contribution >= 0.6 is 11.6 Å². The van der Waals surface area contributed by atoms with Gasteiger partial charge in [0, 0.05) is 24.3 Å². The lowest BCUT2D eigenvalue weighted by Crippen LogP contribution is -2.13. The summed E-state index contributed by atoms with van der Waals surface area (Å²) in [4.78, 5) is 12.1. The van der Waals surface area contributed by atoms with Crippen LogP contribution in [-0.4, -0.2) is 12.5 Å². The van der Waals surface area contributed by atoms with E-state index in [4.69, 9.17) is 21.1 Å². The lowest BCUT2D eigenvalue weighted by atomic mass is 10.1. The highest BCUT2D eigenvalue weighted by Gasteiger charge is 2.13. The summed E-state index contributed by atoms with van der Waals surface area (Å²) in [6, 6.07) is 19.7. The number of ether oxygens (including phenoxy) is 2. The first-order valence-electron chi connectivity index (χ1n) is 11.6. The first kappa shape index (κ1) is 25.4. The third kappa shape index (κ3) is 7.70. The van der Waals surface area contributed by atoms with E-state index in [0.717, 1.165) is 22.5 Å². The number of carbonyl (C=O) groups excluding carboxylic acids is 1. The van der Waals surface area contributed by atoms with E-state index in [0.29, 0.717) is 48.6 Å². The highest BCUT2D eigenvalue weighted by molar-refractivity contribution is 6.32. The molecule has 3 aromatic rings. The van der Waals surface area contributed by atoms with Gasteiger partial charge in [0.2, 0.25) is 5.91 Å². The Morgan fingerprint density at radius 2 is 1.74 bits per heavy atom. The van der Waals surface area contributed by atoms with Gasteiger partial charge in [-0.1, -0.05) is 61.3 Å². The maximum absolute atomic E-state index is 12.1. The smallest absolute Gasteiger partial charge is 0.224 e. The van der Waals surface area contributed by atoms with Gasteiger partial charge in [-0.3, -0.25) is 4.79 Å². The van der Waals surface area contributed by atoms with Crippen molar-refractivity contribution in [2.45, 2.75) is 47.3 Å². The fraction of sp³-hybridized carbons (Fsp3) is 0.321. The monoisotopic (exact) mass is 480 g/mol. The van der Waals surface area contributed by atoms with E-state index in [-0.39, 0.29) is 5.91 Å². The number of benzene rings is 3. The molecule has 0 aliphatic carbocycles. The van der Waals surface area contributed by atoms with Gasteiger partial charge in [0.25, 0.3) is 0 Å². The number of anilines is 2. The molecule has 5 nitrogen and oxygen atoms in total. The van der Waals surface area contributed by atoms with Crippen LogP contribution in [0.25, 0.3) is 0 Å². The van der Waals surface area contributed by atoms with Gasteiger partial charge in [0.05, 0.1) is 11.6 Å². The highest BCUT2D eigenvalue weighted by Crippen LogP contribution is 2.37. The average molecular weight is 481 g/mol. The van der Waals surface area contributed by atoms with Crippen LogP contribution in [0.1, 0.15) is 43.9 Å². The Morgan fingerprint density at radius 3 is 2.47 bits per heavy atom. The van der Waals surface area contributed by atoms with Crippen LogP contribution < -0.4 is 20.1 Å². The van der Waals surface area contributed by atoms with Gasteiger partial charge >= 0.3 is 0 Å². The number of hydrogen-bond acceptors (Lipinski definition) is 4. The van der Waals surface area contributed by atoms with Crippen LogP contribution in [0.15, 0.2) is 60.7 Å². The second-order valence-corrected chi connectivity index (χ2v) is 9.10. The molecule has 0 fully saturated rings. The molecular formula is C28H33ClN2O3. The van der Waals surface area contributed by atoms with Crippen LogP contribution in [-0.2, 0) is 17.9 Å². The quantitative estimate of drug-likeness (QED) is 0.304. The number of hydrogen-bond donors (Lipinski definition) is 2. The first-order chi connectivity index (χ1) is 16.3. The molecule has 0 aromatic heterocycles. The summed E-state index contributed by atoms with van der Waals surface area (Å²) in [7, 11) is 0. The minimum atomic E-state index is 0.0153. The Hall–Kier alpha value is -3.18. The standard InChI is InChI=1S/C28H33ClN2O3/c1-5-33-26-15-22(14-25(29)28(26)34-18-21-9-6-8-20(4)13-21)17-30-23-10-7-11-24(16-23)31-27(32)12-19(2)3/h6-11,13-16,19,30H,5,12,17-18H2,1-4H3,(H,31,32). The lowest BCUT2D eigenvalue weighted by molar-refractivity contribution is -0.116. The van der Waals surface area contributed by atoms with Crippen LogP contribution in [0, 0.1) is 12.8 Å². The van der Waals surface area contributed by atoms with Gasteiger partial charge in [0.1, 0.15) is 6.61 Å². The van der Waals surface area contributed by atoms with Gasteiger partial charge in [-0.25, -0.2) is 0 Å². The molecule has 2 N–H and O–H groups in total. The van der Waals surface area contributed by atoms with Crippen molar-refractivity contribution >= 4 is 28.9 Å². The zero-order chi connectivity index (χ0) is 24.5. The first-order valence-corrected chi connectivity index (χ1v) is 12.0. The molecule has 0 heterocycles. The number of carbonyl (C=O) groups is 1. The topological polar surface area (TPSA) is 59.6 Å². The van der Waals surface area contributed by atoms with Gasteiger partial charge in [-0.2, -0.15) is 0 Å². The van der Waals surface area contributed by atoms with Crippen molar-refractivity contribution in [1.29, 1.82) is 0 Å². The molecule has 0 radical (unpaired) electrons. The average Bonchev–Trinajstić information content (AvgIpc) is 2.77. The summed E-state index contributed by atoms with van der Waals surface area (Å²) in [6.45, 7) is 9.50. The fourth-order valence-electron chi connectivity index (χ4n) is 3.58. The Morgan fingerprint density at radius 1 is 0.971 bits per heavy atom. The fourth-order valence-corrected chi connectivity index (χ4v) is 3.87. The Balaban J connectivity index is 1.68. The molecule has 0 unspecified atom stereocenters. The molecule has 0 bridgehead atoms. The Bertz CT molecular complexity index is 1110. The molecule has 6 heteroatoms. The van der Waals surface area contributed by atoms with Gasteiger partial charge in [-0.15, -0.1) is 0 Å². The number of amides is 1. The van der Waals surface area contributed by atoms with E-state index in [1.54, 1.807) is 0 Å². The number of halogens is 1. The van der Waals surface area contributed by atoms with Crippen molar-refractivity contribution in [2.24, 2.45) is 5.92 Å². The molecule has 0 aliphatic rings. The minimum absolute atomic E-state index is 0.0153. The van der Waals surface area contributed by atoms with Crippen LogP contribution in [0.5, 0.6) is 11.5 Å². The molecule has 0 aliphatic heterocycles. The second kappa shape index (κ2) is 12.3. The predicted molar refractivity (Wildman–Crippen MR) is 140 cm³/mol. The van der Waals surface area contributed by atoms with Crippen molar-refractivity contribution in [1.82, 2.24) is 0 Å². The van der Waals surface area contributed by atoms with E-state index in [1.165, 1.54) is 5.56 Å². The van der Waals surface area contributed by atoms with Crippen molar-refractivity contribution in [3.05, 3.63) is 82.4 Å². The summed E-state index contributed by atoms with van der Waals surface area (Å²) >= 11 is 6.59. The van der Waals surface area contributed by atoms with E-state index >= 15 is 0 Å². The molecule has 34 heavy (non-hydrogen) atoms. The SMILES string of the molecule is CCOc1cc(CNc2cccc(NC(=O)CC(C)C)c2)cc(Cl)c1OCc1cccc(C)c1. The van der Waals surface area contributed by atoms with Crippen molar-refractivity contribution in [3.8, 4) is 11.5 Å². The largest absolute Gasteiger partial charge is 0.490 e. The third-order valence-electron chi connectivity index (χ3n) is 5.07. The van der Waals surface area contributed by atoms with Crippen LogP contribution in [0.4, 0.5) is 11.4 Å². The Kier molecular flexibility index (Phi) is 9.23.